The minimum atomic E-state index is -0.290. The molecule has 0 radical (unpaired) electrons. The van der Waals surface area contributed by atoms with Crippen molar-refractivity contribution in [3.63, 3.8) is 0 Å². The number of quaternary nitrogens is 1. The Labute approximate surface area is 166 Å². The maximum Gasteiger partial charge on any atom is 0.280 e. The number of nitrogens with zero attached hydrogens (tertiary/aromatic N) is 1. The van der Waals surface area contributed by atoms with Crippen molar-refractivity contribution in [2.75, 3.05) is 32.6 Å². The summed E-state index contributed by atoms with van der Waals surface area (Å²) in [5, 5.41) is 2.87. The summed E-state index contributed by atoms with van der Waals surface area (Å²) in [6, 6.07) is 15.2. The third-order valence-corrected chi connectivity index (χ3v) is 5.34. The van der Waals surface area contributed by atoms with E-state index < -0.39 is 0 Å². The molecular weight excluding hydrogens is 354 g/mol. The molecule has 6 nitrogen and oxygen atoms in total. The number of fused-ring (bicyclic) bond motifs is 1. The lowest BCUT2D eigenvalue weighted by molar-refractivity contribution is -0.886. The van der Waals surface area contributed by atoms with E-state index in [0.29, 0.717) is 18.0 Å². The molecule has 0 aliphatic carbocycles. The first-order chi connectivity index (χ1) is 13.5. The second-order valence-electron chi connectivity index (χ2n) is 7.30. The lowest BCUT2D eigenvalue weighted by atomic mass is 9.99. The third-order valence-electron chi connectivity index (χ3n) is 5.34. The first kappa shape index (κ1) is 19.9. The number of hydrogen-bond donors (Lipinski definition) is 2. The molecule has 1 aliphatic rings. The number of carbonyl (C=O) groups is 2. The number of nitrogens with one attached hydrogen (secondary N) is 2. The van der Waals surface area contributed by atoms with E-state index >= 15 is 0 Å². The molecule has 2 amide bonds. The molecule has 1 aliphatic heterocycles. The van der Waals surface area contributed by atoms with Gasteiger partial charge in [0.1, 0.15) is 5.75 Å². The summed E-state index contributed by atoms with van der Waals surface area (Å²) in [6.45, 7) is 3.47. The molecule has 2 N–H and O–H groups in total. The summed E-state index contributed by atoms with van der Waals surface area (Å²) in [6.07, 6.45) is 0.879. The van der Waals surface area contributed by atoms with Crippen LogP contribution in [0.1, 0.15) is 18.1 Å². The Kier molecular flexibility index (Phi) is 6.31. The van der Waals surface area contributed by atoms with E-state index in [9.17, 15) is 9.59 Å². The van der Waals surface area contributed by atoms with Crippen LogP contribution >= 0.6 is 0 Å². The molecule has 2 atom stereocenters. The molecule has 3 rings (SSSR count). The fourth-order valence-electron chi connectivity index (χ4n) is 3.48. The van der Waals surface area contributed by atoms with Gasteiger partial charge < -0.3 is 19.9 Å². The molecule has 28 heavy (non-hydrogen) atoms. The van der Waals surface area contributed by atoms with Gasteiger partial charge in [-0.1, -0.05) is 30.3 Å². The normalized spacial score (nSPS) is 15.3. The molecule has 2 aromatic carbocycles. The van der Waals surface area contributed by atoms with Crippen molar-refractivity contribution in [1.82, 2.24) is 4.90 Å². The SMILES string of the molecule is COc1cccc(NC(=O)C[NH+](C)[C@@H](C)C(=O)N2CCc3ccccc3C2)c1. The second kappa shape index (κ2) is 8.89. The van der Waals surface area contributed by atoms with Crippen molar-refractivity contribution >= 4 is 17.5 Å². The van der Waals surface area contributed by atoms with Crippen molar-refractivity contribution in [1.29, 1.82) is 0 Å². The van der Waals surface area contributed by atoms with Gasteiger partial charge in [-0.15, -0.1) is 0 Å². The van der Waals surface area contributed by atoms with Gasteiger partial charge in [-0.2, -0.15) is 0 Å². The highest BCUT2D eigenvalue weighted by Crippen LogP contribution is 2.19. The van der Waals surface area contributed by atoms with Gasteiger partial charge in [0, 0.05) is 24.8 Å². The highest BCUT2D eigenvalue weighted by molar-refractivity contribution is 5.91. The Morgan fingerprint density at radius 2 is 1.93 bits per heavy atom. The number of rotatable bonds is 6. The summed E-state index contributed by atoms with van der Waals surface area (Å²) in [5.74, 6) is 0.642. The van der Waals surface area contributed by atoms with Crippen LogP contribution in [-0.2, 0) is 22.6 Å². The summed E-state index contributed by atoms with van der Waals surface area (Å²) in [5.41, 5.74) is 3.21. The van der Waals surface area contributed by atoms with Crippen molar-refractivity contribution in [3.05, 3.63) is 59.7 Å². The van der Waals surface area contributed by atoms with Crippen LogP contribution in [0.5, 0.6) is 5.75 Å². The van der Waals surface area contributed by atoms with Gasteiger partial charge in [-0.25, -0.2) is 0 Å². The Morgan fingerprint density at radius 1 is 1.18 bits per heavy atom. The largest absolute Gasteiger partial charge is 0.497 e. The van der Waals surface area contributed by atoms with Crippen LogP contribution in [0, 0.1) is 0 Å². The summed E-state index contributed by atoms with van der Waals surface area (Å²) < 4.78 is 5.17. The second-order valence-corrected chi connectivity index (χ2v) is 7.30. The van der Waals surface area contributed by atoms with Crippen LogP contribution in [0.4, 0.5) is 5.69 Å². The summed E-state index contributed by atoms with van der Waals surface area (Å²) in [4.78, 5) is 28.1. The molecule has 0 fully saturated rings. The summed E-state index contributed by atoms with van der Waals surface area (Å²) in [7, 11) is 3.47. The lowest BCUT2D eigenvalue weighted by Crippen LogP contribution is -3.15. The van der Waals surface area contributed by atoms with E-state index in [-0.39, 0.29) is 24.4 Å². The molecule has 1 unspecified atom stereocenters. The molecule has 1 heterocycles. The Hall–Kier alpha value is -2.86. The van der Waals surface area contributed by atoms with Crippen molar-refractivity contribution in [3.8, 4) is 5.75 Å². The Morgan fingerprint density at radius 3 is 2.68 bits per heavy atom. The fourth-order valence-corrected chi connectivity index (χ4v) is 3.48. The van der Waals surface area contributed by atoms with Gasteiger partial charge in [-0.05, 0) is 36.6 Å². The van der Waals surface area contributed by atoms with Crippen LogP contribution in [0.15, 0.2) is 48.5 Å². The Balaban J connectivity index is 1.55. The standard InChI is InChI=1S/C22H27N3O3/c1-16(22(27)25-12-11-17-7-4-5-8-18(17)14-25)24(2)15-21(26)23-19-9-6-10-20(13-19)28-3/h4-10,13,16H,11-12,14-15H2,1-3H3,(H,23,26)/p+1/t16-/m0/s1. The number of hydrogen-bond acceptors (Lipinski definition) is 3. The van der Waals surface area contributed by atoms with Crippen LogP contribution < -0.4 is 15.0 Å². The van der Waals surface area contributed by atoms with Crippen molar-refractivity contribution < 1.29 is 19.2 Å². The quantitative estimate of drug-likeness (QED) is 0.787. The van der Waals surface area contributed by atoms with Crippen LogP contribution in [0.2, 0.25) is 0 Å². The number of methoxy groups -OCH3 is 1. The van der Waals surface area contributed by atoms with E-state index in [1.807, 2.05) is 49.2 Å². The third kappa shape index (κ3) is 4.70. The number of benzene rings is 2. The van der Waals surface area contributed by atoms with Crippen molar-refractivity contribution in [2.45, 2.75) is 25.9 Å². The zero-order valence-electron chi connectivity index (χ0n) is 16.7. The molecule has 0 saturated heterocycles. The van der Waals surface area contributed by atoms with Gasteiger partial charge in [0.25, 0.3) is 11.8 Å². The predicted molar refractivity (Wildman–Crippen MR) is 108 cm³/mol. The van der Waals surface area contributed by atoms with E-state index in [1.54, 1.807) is 13.2 Å². The zero-order chi connectivity index (χ0) is 20.1. The van der Waals surface area contributed by atoms with Crippen LogP contribution in [0.25, 0.3) is 0 Å². The van der Waals surface area contributed by atoms with Gasteiger partial charge in [0.2, 0.25) is 0 Å². The van der Waals surface area contributed by atoms with E-state index in [0.717, 1.165) is 17.9 Å². The van der Waals surface area contributed by atoms with Crippen LogP contribution in [0.3, 0.4) is 0 Å². The lowest BCUT2D eigenvalue weighted by Gasteiger charge is -2.32. The number of likely N-dealkylation sites (N-methyl/N-ethyl adjacent to an activating group) is 1. The Bertz CT molecular complexity index is 852. The number of amides is 2. The van der Waals surface area contributed by atoms with E-state index in [4.69, 9.17) is 4.74 Å². The molecule has 0 aromatic heterocycles. The average Bonchev–Trinajstić information content (AvgIpc) is 2.72. The number of carbonyl (C=O) groups excluding carboxylic acids is 2. The minimum absolute atomic E-state index is 0.0844. The molecule has 0 spiro atoms. The van der Waals surface area contributed by atoms with Crippen molar-refractivity contribution in [2.24, 2.45) is 0 Å². The fraction of sp³-hybridized carbons (Fsp3) is 0.364. The van der Waals surface area contributed by atoms with Gasteiger partial charge in [0.05, 0.1) is 14.2 Å². The van der Waals surface area contributed by atoms with E-state index in [1.165, 1.54) is 11.1 Å². The van der Waals surface area contributed by atoms with Gasteiger partial charge in [-0.3, -0.25) is 9.59 Å². The summed E-state index contributed by atoms with van der Waals surface area (Å²) >= 11 is 0. The van der Waals surface area contributed by atoms with Gasteiger partial charge in [0.15, 0.2) is 12.6 Å². The first-order valence-corrected chi connectivity index (χ1v) is 9.59. The molecule has 2 aromatic rings. The predicted octanol–water partition coefficient (Wildman–Crippen LogP) is 1.12. The smallest absolute Gasteiger partial charge is 0.280 e. The van der Waals surface area contributed by atoms with Crippen LogP contribution in [-0.4, -0.2) is 50.0 Å². The monoisotopic (exact) mass is 382 g/mol. The van der Waals surface area contributed by atoms with Gasteiger partial charge >= 0.3 is 0 Å². The topological polar surface area (TPSA) is 63.1 Å². The number of ether oxygens (including phenoxy) is 1. The van der Waals surface area contributed by atoms with E-state index in [2.05, 4.69) is 17.4 Å². The number of anilines is 1. The molecule has 6 heteroatoms. The first-order valence-electron chi connectivity index (χ1n) is 9.59. The molecular formula is C22H28N3O3+. The maximum absolute atomic E-state index is 12.9. The zero-order valence-corrected chi connectivity index (χ0v) is 16.7. The maximum atomic E-state index is 12.9. The molecule has 148 valence electrons. The average molecular weight is 382 g/mol. The molecule has 0 saturated carbocycles. The highest BCUT2D eigenvalue weighted by Gasteiger charge is 2.30. The molecule has 0 bridgehead atoms. The minimum Gasteiger partial charge on any atom is -0.497 e. The highest BCUT2D eigenvalue weighted by atomic mass is 16.5.